The topological polar surface area (TPSA) is 45.2 Å². The second-order valence-electron chi connectivity index (χ2n) is 7.44. The molecule has 1 aliphatic heterocycles. The Morgan fingerprint density at radius 1 is 1.26 bits per heavy atom. The lowest BCUT2D eigenvalue weighted by Gasteiger charge is -2.50. The van der Waals surface area contributed by atoms with Crippen LogP contribution in [-0.2, 0) is 0 Å². The molecule has 1 aliphatic rings. The minimum Gasteiger partial charge on any atom is -0.343 e. The van der Waals surface area contributed by atoms with Gasteiger partial charge in [0.05, 0.1) is 11.6 Å². The number of amides is 1. The van der Waals surface area contributed by atoms with E-state index in [0.29, 0.717) is 5.56 Å². The van der Waals surface area contributed by atoms with Gasteiger partial charge in [0, 0.05) is 11.2 Å². The van der Waals surface area contributed by atoms with Gasteiger partial charge in [-0.3, -0.25) is 9.69 Å². The Morgan fingerprint density at radius 2 is 2.00 bits per heavy atom. The zero-order chi connectivity index (χ0) is 19.4. The number of benzene rings is 1. The molecule has 1 saturated heterocycles. The molecule has 0 spiro atoms. The lowest BCUT2D eigenvalue weighted by Crippen LogP contribution is -2.57. The Labute approximate surface area is 166 Å². The fourth-order valence-electron chi connectivity index (χ4n) is 4.29. The summed E-state index contributed by atoms with van der Waals surface area (Å²) in [5, 5.41) is 3.55. The molecular weight excluding hydrogens is 358 g/mol. The van der Waals surface area contributed by atoms with Crippen LogP contribution in [0.25, 0.3) is 0 Å². The van der Waals surface area contributed by atoms with Crippen LogP contribution >= 0.6 is 11.6 Å². The van der Waals surface area contributed by atoms with Crippen molar-refractivity contribution in [3.05, 3.63) is 64.4 Å². The highest BCUT2D eigenvalue weighted by molar-refractivity contribution is 6.32. The van der Waals surface area contributed by atoms with Crippen LogP contribution in [0, 0.1) is 6.92 Å². The van der Waals surface area contributed by atoms with E-state index in [-0.39, 0.29) is 22.6 Å². The molecule has 5 heteroatoms. The number of carbonyl (C=O) groups excluding carboxylic acids is 1. The van der Waals surface area contributed by atoms with E-state index in [9.17, 15) is 4.79 Å². The van der Waals surface area contributed by atoms with Crippen LogP contribution in [0.15, 0.2) is 42.5 Å². The van der Waals surface area contributed by atoms with Gasteiger partial charge in [-0.25, -0.2) is 4.98 Å². The first-order valence-electron chi connectivity index (χ1n) is 9.68. The van der Waals surface area contributed by atoms with E-state index < -0.39 is 0 Å². The molecule has 4 nitrogen and oxygen atoms in total. The number of halogens is 1. The number of nitrogens with one attached hydrogen (secondary N) is 1. The summed E-state index contributed by atoms with van der Waals surface area (Å²) in [5.74, 6) is -0.173. The largest absolute Gasteiger partial charge is 0.343 e. The molecule has 2 atom stereocenters. The van der Waals surface area contributed by atoms with Crippen LogP contribution in [0.4, 0.5) is 0 Å². The second-order valence-corrected chi connectivity index (χ2v) is 7.80. The number of piperidine rings is 1. The zero-order valence-electron chi connectivity index (χ0n) is 16.3. The molecule has 1 amide bonds. The predicted octanol–water partition coefficient (Wildman–Crippen LogP) is 4.78. The number of aromatic nitrogens is 1. The summed E-state index contributed by atoms with van der Waals surface area (Å²) in [6.45, 7) is 5.12. The highest BCUT2D eigenvalue weighted by atomic mass is 35.5. The van der Waals surface area contributed by atoms with Gasteiger partial charge in [0.2, 0.25) is 0 Å². The van der Waals surface area contributed by atoms with E-state index in [4.69, 9.17) is 11.6 Å². The number of aryl methyl sites for hydroxylation is 1. The van der Waals surface area contributed by atoms with E-state index in [1.807, 2.05) is 31.2 Å². The van der Waals surface area contributed by atoms with Crippen molar-refractivity contribution < 1.29 is 4.79 Å². The molecule has 0 radical (unpaired) electrons. The molecule has 0 saturated carbocycles. The molecule has 27 heavy (non-hydrogen) atoms. The van der Waals surface area contributed by atoms with Crippen molar-refractivity contribution >= 4 is 17.5 Å². The molecule has 1 aromatic heterocycles. The Hall–Kier alpha value is -1.91. The van der Waals surface area contributed by atoms with Crippen LogP contribution in [0.5, 0.6) is 0 Å². The number of hydrogen-bond donors (Lipinski definition) is 1. The van der Waals surface area contributed by atoms with Gasteiger partial charge in [0.1, 0.15) is 5.15 Å². The number of likely N-dealkylation sites (N-methyl/N-ethyl adjacent to an activating group) is 1. The molecule has 0 aliphatic carbocycles. The number of nitrogens with zero attached hydrogens (tertiary/aromatic N) is 2. The first-order valence-corrected chi connectivity index (χ1v) is 10.1. The Bertz CT molecular complexity index is 795. The van der Waals surface area contributed by atoms with Gasteiger partial charge in [-0.2, -0.15) is 0 Å². The molecule has 1 aromatic carbocycles. The zero-order valence-corrected chi connectivity index (χ0v) is 17.1. The third-order valence-electron chi connectivity index (χ3n) is 5.90. The molecule has 2 aromatic rings. The van der Waals surface area contributed by atoms with Crippen molar-refractivity contribution in [3.63, 3.8) is 0 Å². The summed E-state index contributed by atoms with van der Waals surface area (Å²) in [7, 11) is 2.17. The third kappa shape index (κ3) is 4.02. The monoisotopic (exact) mass is 385 g/mol. The predicted molar refractivity (Wildman–Crippen MR) is 110 cm³/mol. The fourth-order valence-corrected chi connectivity index (χ4v) is 4.57. The number of pyridine rings is 1. The number of likely N-dealkylation sites (tertiary alicyclic amines) is 1. The average Bonchev–Trinajstić information content (AvgIpc) is 2.67. The van der Waals surface area contributed by atoms with Crippen molar-refractivity contribution in [1.82, 2.24) is 15.2 Å². The van der Waals surface area contributed by atoms with Gasteiger partial charge < -0.3 is 5.32 Å². The van der Waals surface area contributed by atoms with Crippen molar-refractivity contribution in [2.24, 2.45) is 0 Å². The maximum Gasteiger partial charge on any atom is 0.254 e. The molecule has 2 unspecified atom stereocenters. The molecule has 2 heterocycles. The maximum atomic E-state index is 13.1. The summed E-state index contributed by atoms with van der Waals surface area (Å²) in [4.78, 5) is 19.8. The van der Waals surface area contributed by atoms with Gasteiger partial charge in [-0.1, -0.05) is 55.3 Å². The summed E-state index contributed by atoms with van der Waals surface area (Å²) < 4.78 is 0. The molecule has 3 rings (SSSR count). The minimum atomic E-state index is -0.173. The number of hydrogen-bond acceptors (Lipinski definition) is 3. The Balaban J connectivity index is 1.99. The van der Waals surface area contributed by atoms with Gasteiger partial charge in [0.25, 0.3) is 5.91 Å². The van der Waals surface area contributed by atoms with E-state index in [1.54, 1.807) is 6.07 Å². The van der Waals surface area contributed by atoms with Crippen LogP contribution in [0.2, 0.25) is 5.15 Å². The van der Waals surface area contributed by atoms with E-state index in [2.05, 4.69) is 41.3 Å². The molecule has 0 bridgehead atoms. The maximum absolute atomic E-state index is 13.1. The fraction of sp³-hybridized carbons (Fsp3) is 0.455. The summed E-state index contributed by atoms with van der Waals surface area (Å²) in [5.41, 5.74) is 2.23. The number of rotatable bonds is 5. The van der Waals surface area contributed by atoms with Gasteiger partial charge in [-0.15, -0.1) is 0 Å². The minimum absolute atomic E-state index is 0.111. The highest BCUT2D eigenvalue weighted by Gasteiger charge is 2.43. The van der Waals surface area contributed by atoms with Crippen molar-refractivity contribution in [2.75, 3.05) is 13.6 Å². The van der Waals surface area contributed by atoms with E-state index >= 15 is 0 Å². The van der Waals surface area contributed by atoms with Gasteiger partial charge >= 0.3 is 0 Å². The molecule has 144 valence electrons. The van der Waals surface area contributed by atoms with Crippen molar-refractivity contribution in [3.8, 4) is 0 Å². The second kappa shape index (κ2) is 8.41. The van der Waals surface area contributed by atoms with Gasteiger partial charge in [-0.05, 0) is 57.5 Å². The highest BCUT2D eigenvalue weighted by Crippen LogP contribution is 2.41. The number of carbonyl (C=O) groups is 1. The van der Waals surface area contributed by atoms with Crippen LogP contribution in [0.3, 0.4) is 0 Å². The SMILES string of the molecule is CCC1(C(NC(=O)c2ccc(C)nc2Cl)c2ccccc2)CCCCN1C. The summed E-state index contributed by atoms with van der Waals surface area (Å²) in [6.07, 6.45) is 4.38. The molecule has 1 fully saturated rings. The smallest absolute Gasteiger partial charge is 0.254 e. The molecular formula is C22H28ClN3O. The quantitative estimate of drug-likeness (QED) is 0.753. The van der Waals surface area contributed by atoms with Gasteiger partial charge in [0.15, 0.2) is 0 Å². The lowest BCUT2D eigenvalue weighted by molar-refractivity contribution is 0.0296. The average molecular weight is 386 g/mol. The standard InChI is InChI=1S/C22H28ClN3O/c1-4-22(14-8-9-15-26(22)3)19(17-10-6-5-7-11-17)25-21(27)18-13-12-16(2)24-20(18)23/h5-7,10-13,19H,4,8-9,14-15H2,1-3H3,(H,25,27). The van der Waals surface area contributed by atoms with Crippen LogP contribution in [-0.4, -0.2) is 34.9 Å². The Kier molecular flexibility index (Phi) is 6.18. The van der Waals surface area contributed by atoms with Crippen molar-refractivity contribution in [2.45, 2.75) is 51.1 Å². The van der Waals surface area contributed by atoms with Crippen LogP contribution < -0.4 is 5.32 Å². The van der Waals surface area contributed by atoms with E-state index in [1.165, 1.54) is 12.8 Å². The first kappa shape index (κ1) is 19.8. The normalized spacial score (nSPS) is 21.6. The lowest BCUT2D eigenvalue weighted by atomic mass is 9.75. The first-order chi connectivity index (χ1) is 13.0. The van der Waals surface area contributed by atoms with E-state index in [0.717, 1.165) is 30.6 Å². The third-order valence-corrected chi connectivity index (χ3v) is 6.19. The molecule has 1 N–H and O–H groups in total. The summed E-state index contributed by atoms with van der Waals surface area (Å²) >= 11 is 6.25. The summed E-state index contributed by atoms with van der Waals surface area (Å²) in [6, 6.07) is 13.7. The Morgan fingerprint density at radius 3 is 2.63 bits per heavy atom. The van der Waals surface area contributed by atoms with Crippen molar-refractivity contribution in [1.29, 1.82) is 0 Å². The van der Waals surface area contributed by atoms with Crippen LogP contribution in [0.1, 0.15) is 60.3 Å².